The summed E-state index contributed by atoms with van der Waals surface area (Å²) in [6, 6.07) is 0. The molecule has 0 radical (unpaired) electrons. The number of rotatable bonds is 4. The van der Waals surface area contributed by atoms with Crippen molar-refractivity contribution in [3.05, 3.63) is 11.8 Å². The van der Waals surface area contributed by atoms with E-state index in [1.807, 2.05) is 6.92 Å². The SMILES string of the molecule is CCc1nnc(CN2CC(CO)C2)o1. The van der Waals surface area contributed by atoms with Crippen molar-refractivity contribution in [1.82, 2.24) is 15.1 Å². The molecule has 1 N–H and O–H groups in total. The number of aliphatic hydroxyl groups excluding tert-OH is 1. The second-order valence-electron chi connectivity index (χ2n) is 3.69. The number of likely N-dealkylation sites (tertiary alicyclic amines) is 1. The molecule has 0 spiro atoms. The summed E-state index contributed by atoms with van der Waals surface area (Å²) in [5.74, 6) is 1.81. The van der Waals surface area contributed by atoms with E-state index in [1.165, 1.54) is 0 Å². The van der Waals surface area contributed by atoms with Gasteiger partial charge in [0, 0.05) is 32.0 Å². The minimum atomic E-state index is 0.278. The van der Waals surface area contributed by atoms with Crippen molar-refractivity contribution in [2.24, 2.45) is 5.92 Å². The maximum atomic E-state index is 8.83. The molecule has 14 heavy (non-hydrogen) atoms. The van der Waals surface area contributed by atoms with Crippen LogP contribution in [0.1, 0.15) is 18.7 Å². The van der Waals surface area contributed by atoms with Crippen molar-refractivity contribution in [2.45, 2.75) is 19.9 Å². The second-order valence-corrected chi connectivity index (χ2v) is 3.69. The highest BCUT2D eigenvalue weighted by Crippen LogP contribution is 2.17. The van der Waals surface area contributed by atoms with Crippen LogP contribution in [0, 0.1) is 5.92 Å². The molecule has 0 aromatic carbocycles. The molecule has 0 saturated carbocycles. The lowest BCUT2D eigenvalue weighted by Crippen LogP contribution is -2.47. The molecular weight excluding hydrogens is 182 g/mol. The highest BCUT2D eigenvalue weighted by Gasteiger charge is 2.26. The molecule has 0 amide bonds. The Hall–Kier alpha value is -0.940. The Kier molecular flexibility index (Phi) is 2.79. The van der Waals surface area contributed by atoms with Gasteiger partial charge in [-0.1, -0.05) is 6.92 Å². The van der Waals surface area contributed by atoms with E-state index in [0.717, 1.165) is 19.5 Å². The van der Waals surface area contributed by atoms with E-state index in [1.54, 1.807) is 0 Å². The van der Waals surface area contributed by atoms with E-state index < -0.39 is 0 Å². The summed E-state index contributed by atoms with van der Waals surface area (Å²) in [5.41, 5.74) is 0. The van der Waals surface area contributed by atoms with Crippen LogP contribution in [-0.4, -0.2) is 39.9 Å². The largest absolute Gasteiger partial charge is 0.424 e. The molecule has 0 unspecified atom stereocenters. The third-order valence-corrected chi connectivity index (χ3v) is 2.46. The highest BCUT2D eigenvalue weighted by molar-refractivity contribution is 4.86. The van der Waals surface area contributed by atoms with Gasteiger partial charge >= 0.3 is 0 Å². The fraction of sp³-hybridized carbons (Fsp3) is 0.778. The lowest BCUT2D eigenvalue weighted by atomic mass is 10.0. The molecule has 78 valence electrons. The first kappa shape index (κ1) is 9.61. The molecule has 1 fully saturated rings. The van der Waals surface area contributed by atoms with Gasteiger partial charge in [0.05, 0.1) is 6.54 Å². The molecule has 2 rings (SSSR count). The van der Waals surface area contributed by atoms with Crippen LogP contribution in [-0.2, 0) is 13.0 Å². The highest BCUT2D eigenvalue weighted by atomic mass is 16.4. The average Bonchev–Trinajstić information content (AvgIpc) is 2.58. The van der Waals surface area contributed by atoms with Crippen LogP contribution < -0.4 is 0 Å². The van der Waals surface area contributed by atoms with Crippen molar-refractivity contribution in [3.8, 4) is 0 Å². The van der Waals surface area contributed by atoms with Gasteiger partial charge in [0.25, 0.3) is 0 Å². The maximum absolute atomic E-state index is 8.83. The average molecular weight is 197 g/mol. The van der Waals surface area contributed by atoms with Gasteiger partial charge < -0.3 is 9.52 Å². The Morgan fingerprint density at radius 3 is 2.71 bits per heavy atom. The predicted octanol–water partition coefficient (Wildman–Crippen LogP) is 0.0561. The van der Waals surface area contributed by atoms with Gasteiger partial charge in [-0.2, -0.15) is 0 Å². The molecule has 1 aromatic heterocycles. The monoisotopic (exact) mass is 197 g/mol. The van der Waals surface area contributed by atoms with Crippen LogP contribution >= 0.6 is 0 Å². The molecule has 1 aliphatic rings. The van der Waals surface area contributed by atoms with Crippen molar-refractivity contribution < 1.29 is 9.52 Å². The Labute approximate surface area is 82.7 Å². The molecule has 0 aliphatic carbocycles. The molecule has 2 heterocycles. The van der Waals surface area contributed by atoms with Crippen molar-refractivity contribution in [2.75, 3.05) is 19.7 Å². The molecular formula is C9H15N3O2. The van der Waals surface area contributed by atoms with E-state index in [-0.39, 0.29) is 6.61 Å². The lowest BCUT2D eigenvalue weighted by molar-refractivity contribution is 0.0413. The second kappa shape index (κ2) is 4.06. The van der Waals surface area contributed by atoms with Crippen LogP contribution in [0.25, 0.3) is 0 Å². The maximum Gasteiger partial charge on any atom is 0.230 e. The number of nitrogens with zero attached hydrogens (tertiary/aromatic N) is 3. The van der Waals surface area contributed by atoms with Gasteiger partial charge in [0.1, 0.15) is 0 Å². The number of aromatic nitrogens is 2. The third-order valence-electron chi connectivity index (χ3n) is 2.46. The zero-order valence-corrected chi connectivity index (χ0v) is 8.31. The summed E-state index contributed by atoms with van der Waals surface area (Å²) in [5, 5.41) is 16.7. The van der Waals surface area contributed by atoms with Crippen LogP contribution in [0.3, 0.4) is 0 Å². The van der Waals surface area contributed by atoms with Gasteiger partial charge in [-0.15, -0.1) is 10.2 Å². The van der Waals surface area contributed by atoms with E-state index in [0.29, 0.717) is 24.2 Å². The van der Waals surface area contributed by atoms with Gasteiger partial charge in [-0.3, -0.25) is 4.90 Å². The quantitative estimate of drug-likeness (QED) is 0.739. The van der Waals surface area contributed by atoms with Crippen molar-refractivity contribution in [3.63, 3.8) is 0 Å². The third kappa shape index (κ3) is 1.93. The Balaban J connectivity index is 1.81. The lowest BCUT2D eigenvalue weighted by Gasteiger charge is -2.37. The fourth-order valence-corrected chi connectivity index (χ4v) is 1.61. The summed E-state index contributed by atoms with van der Waals surface area (Å²) >= 11 is 0. The van der Waals surface area contributed by atoms with Crippen LogP contribution in [0.2, 0.25) is 0 Å². The first-order chi connectivity index (χ1) is 6.81. The summed E-state index contributed by atoms with van der Waals surface area (Å²) < 4.78 is 5.38. The molecule has 0 bridgehead atoms. The normalized spacial score (nSPS) is 18.4. The Morgan fingerprint density at radius 2 is 2.14 bits per heavy atom. The number of aryl methyl sites for hydroxylation is 1. The molecule has 5 heteroatoms. The van der Waals surface area contributed by atoms with Gasteiger partial charge in [0.2, 0.25) is 11.8 Å². The van der Waals surface area contributed by atoms with Crippen LogP contribution in [0.15, 0.2) is 4.42 Å². The predicted molar refractivity (Wildman–Crippen MR) is 49.5 cm³/mol. The van der Waals surface area contributed by atoms with Crippen LogP contribution in [0.5, 0.6) is 0 Å². The zero-order chi connectivity index (χ0) is 9.97. The molecule has 5 nitrogen and oxygen atoms in total. The topological polar surface area (TPSA) is 62.4 Å². The molecule has 1 saturated heterocycles. The first-order valence-corrected chi connectivity index (χ1v) is 4.96. The first-order valence-electron chi connectivity index (χ1n) is 4.96. The standard InChI is InChI=1S/C9H15N3O2/c1-2-8-10-11-9(14-8)5-12-3-7(4-12)6-13/h7,13H,2-6H2,1H3. The molecule has 0 atom stereocenters. The minimum Gasteiger partial charge on any atom is -0.424 e. The summed E-state index contributed by atoms with van der Waals surface area (Å²) in [6.07, 6.45) is 0.784. The smallest absolute Gasteiger partial charge is 0.230 e. The van der Waals surface area contributed by atoms with Gasteiger partial charge in [0.15, 0.2) is 0 Å². The summed E-state index contributed by atoms with van der Waals surface area (Å²) in [7, 11) is 0. The van der Waals surface area contributed by atoms with E-state index in [2.05, 4.69) is 15.1 Å². The van der Waals surface area contributed by atoms with E-state index in [4.69, 9.17) is 9.52 Å². The Morgan fingerprint density at radius 1 is 1.43 bits per heavy atom. The number of aliphatic hydroxyl groups is 1. The van der Waals surface area contributed by atoms with Gasteiger partial charge in [-0.05, 0) is 0 Å². The van der Waals surface area contributed by atoms with E-state index >= 15 is 0 Å². The van der Waals surface area contributed by atoms with Crippen LogP contribution in [0.4, 0.5) is 0 Å². The number of hydrogen-bond donors (Lipinski definition) is 1. The minimum absolute atomic E-state index is 0.278. The van der Waals surface area contributed by atoms with Crippen molar-refractivity contribution in [1.29, 1.82) is 0 Å². The Bertz CT molecular complexity index is 294. The zero-order valence-electron chi connectivity index (χ0n) is 8.31. The number of hydrogen-bond acceptors (Lipinski definition) is 5. The van der Waals surface area contributed by atoms with E-state index in [9.17, 15) is 0 Å². The molecule has 1 aromatic rings. The fourth-order valence-electron chi connectivity index (χ4n) is 1.61. The van der Waals surface area contributed by atoms with Gasteiger partial charge in [-0.25, -0.2) is 0 Å². The van der Waals surface area contributed by atoms with Crippen molar-refractivity contribution >= 4 is 0 Å². The summed E-state index contributed by atoms with van der Waals surface area (Å²) in [4.78, 5) is 2.19. The molecule has 1 aliphatic heterocycles. The summed E-state index contributed by atoms with van der Waals surface area (Å²) in [6.45, 7) is 4.84.